The number of likely N-dealkylation sites (N-methyl/N-ethyl adjacent to an activating group) is 1. The maximum atomic E-state index is 14.1. The molecule has 0 bridgehead atoms. The summed E-state index contributed by atoms with van der Waals surface area (Å²) >= 11 is 0. The molecule has 5 rings (SSSR count). The van der Waals surface area contributed by atoms with Crippen LogP contribution in [0, 0.1) is 18.3 Å². The molecule has 1 aliphatic rings. The van der Waals surface area contributed by atoms with Gasteiger partial charge >= 0.3 is 0 Å². The van der Waals surface area contributed by atoms with Crippen LogP contribution in [-0.4, -0.2) is 63.4 Å². The fourth-order valence-electron chi connectivity index (χ4n) is 5.45. The molecule has 1 aromatic carbocycles. The van der Waals surface area contributed by atoms with Crippen molar-refractivity contribution in [1.82, 2.24) is 24.2 Å². The fraction of sp³-hybridized carbons (Fsp3) is 0.375. The van der Waals surface area contributed by atoms with Gasteiger partial charge in [-0.2, -0.15) is 5.26 Å². The second-order valence-corrected chi connectivity index (χ2v) is 10.5. The first-order chi connectivity index (χ1) is 19.3. The van der Waals surface area contributed by atoms with E-state index in [1.807, 2.05) is 35.5 Å². The lowest BCUT2D eigenvalue weighted by Gasteiger charge is -2.35. The van der Waals surface area contributed by atoms with Gasteiger partial charge in [0.05, 0.1) is 18.3 Å². The van der Waals surface area contributed by atoms with Gasteiger partial charge in [0, 0.05) is 55.1 Å². The molecule has 3 aromatic heterocycles. The summed E-state index contributed by atoms with van der Waals surface area (Å²) in [5.74, 6) is 0.507. The van der Waals surface area contributed by atoms with Crippen LogP contribution < -0.4 is 4.74 Å². The number of hydrogen-bond donors (Lipinski definition) is 0. The molecule has 1 unspecified atom stereocenters. The molecule has 0 spiro atoms. The average molecular weight is 537 g/mol. The number of imidazole rings is 1. The van der Waals surface area contributed by atoms with Gasteiger partial charge in [-0.25, -0.2) is 4.98 Å². The standard InChI is InChI=1S/C32H36N6O2/c1-6-36(5)11-8-23-15-26(28-20-37-13-10-34-31(37)14-21(28)3)25-9-12-38(32(39)27(25)16-23)22(4)29-17-30(40-7-2)24(18-33)19-35-29/h10,13-17,19-20,22H,6-9,11-12H2,1-5H3. The van der Waals surface area contributed by atoms with Gasteiger partial charge in [0.2, 0.25) is 0 Å². The lowest BCUT2D eigenvalue weighted by atomic mass is 9.86. The van der Waals surface area contributed by atoms with Crippen molar-refractivity contribution in [3.05, 3.63) is 82.6 Å². The van der Waals surface area contributed by atoms with E-state index in [0.717, 1.165) is 65.0 Å². The zero-order valence-corrected chi connectivity index (χ0v) is 23.9. The predicted molar refractivity (Wildman–Crippen MR) is 156 cm³/mol. The second kappa shape index (κ2) is 11.5. The Kier molecular flexibility index (Phi) is 7.85. The Hall–Kier alpha value is -4.22. The largest absolute Gasteiger partial charge is 0.492 e. The minimum atomic E-state index is -0.269. The molecule has 8 heteroatoms. The molecule has 1 aliphatic heterocycles. The highest BCUT2D eigenvalue weighted by Gasteiger charge is 2.32. The van der Waals surface area contributed by atoms with E-state index in [2.05, 4.69) is 66.2 Å². The van der Waals surface area contributed by atoms with Crippen molar-refractivity contribution in [2.75, 3.05) is 33.3 Å². The van der Waals surface area contributed by atoms with E-state index in [4.69, 9.17) is 4.74 Å². The Morgan fingerprint density at radius 2 is 1.95 bits per heavy atom. The number of fused-ring (bicyclic) bond motifs is 2. The van der Waals surface area contributed by atoms with Gasteiger partial charge in [0.1, 0.15) is 23.0 Å². The van der Waals surface area contributed by atoms with E-state index < -0.39 is 0 Å². The molecule has 1 amide bonds. The molecule has 0 saturated carbocycles. The van der Waals surface area contributed by atoms with Crippen molar-refractivity contribution in [3.8, 4) is 22.9 Å². The predicted octanol–water partition coefficient (Wildman–Crippen LogP) is 5.23. The van der Waals surface area contributed by atoms with Crippen LogP contribution in [-0.2, 0) is 12.8 Å². The van der Waals surface area contributed by atoms with Gasteiger partial charge in [-0.05, 0) is 81.6 Å². The van der Waals surface area contributed by atoms with Crippen molar-refractivity contribution >= 4 is 11.6 Å². The minimum absolute atomic E-state index is 0.00572. The number of amides is 1. The number of ether oxygens (including phenoxy) is 1. The Morgan fingerprint density at radius 1 is 1.15 bits per heavy atom. The Morgan fingerprint density at radius 3 is 2.70 bits per heavy atom. The quantitative estimate of drug-likeness (QED) is 0.291. The molecular formula is C32H36N6O2. The number of hydrogen-bond acceptors (Lipinski definition) is 6. The number of carbonyl (C=O) groups is 1. The smallest absolute Gasteiger partial charge is 0.254 e. The van der Waals surface area contributed by atoms with Gasteiger partial charge in [-0.3, -0.25) is 9.78 Å². The fourth-order valence-corrected chi connectivity index (χ4v) is 5.45. The van der Waals surface area contributed by atoms with Gasteiger partial charge in [-0.15, -0.1) is 0 Å². The van der Waals surface area contributed by atoms with Crippen molar-refractivity contribution in [2.24, 2.45) is 0 Å². The number of rotatable bonds is 9. The van der Waals surface area contributed by atoms with Crippen LogP contribution in [0.4, 0.5) is 0 Å². The molecule has 206 valence electrons. The Labute approximate surface area is 235 Å². The van der Waals surface area contributed by atoms with Crippen molar-refractivity contribution in [2.45, 2.75) is 46.6 Å². The first-order valence-electron chi connectivity index (χ1n) is 14.0. The summed E-state index contributed by atoms with van der Waals surface area (Å²) in [6, 6.07) is 10.1. The highest BCUT2D eigenvalue weighted by molar-refractivity contribution is 5.99. The minimum Gasteiger partial charge on any atom is -0.492 e. The second-order valence-electron chi connectivity index (χ2n) is 10.5. The molecule has 4 aromatic rings. The molecule has 0 saturated heterocycles. The summed E-state index contributed by atoms with van der Waals surface area (Å²) in [5, 5.41) is 9.44. The van der Waals surface area contributed by atoms with Crippen LogP contribution in [0.15, 0.2) is 49.1 Å². The van der Waals surface area contributed by atoms with Gasteiger partial charge in [0.15, 0.2) is 0 Å². The maximum Gasteiger partial charge on any atom is 0.254 e. The molecule has 0 fully saturated rings. The topological polar surface area (TPSA) is 86.8 Å². The van der Waals surface area contributed by atoms with E-state index in [1.165, 1.54) is 6.20 Å². The zero-order chi connectivity index (χ0) is 28.4. The lowest BCUT2D eigenvalue weighted by Crippen LogP contribution is -2.40. The summed E-state index contributed by atoms with van der Waals surface area (Å²) in [7, 11) is 2.12. The molecule has 8 nitrogen and oxygen atoms in total. The first-order valence-corrected chi connectivity index (χ1v) is 14.0. The maximum absolute atomic E-state index is 14.1. The SMILES string of the molecule is CCOc1cc(C(C)N2CCc3c(cc(CCN(C)CC)cc3-c3cn4ccnc4cc3C)C2=O)ncc1C#N. The number of nitriles is 1. The highest BCUT2D eigenvalue weighted by Crippen LogP contribution is 2.36. The van der Waals surface area contributed by atoms with E-state index in [-0.39, 0.29) is 11.9 Å². The summed E-state index contributed by atoms with van der Waals surface area (Å²) in [6.45, 7) is 11.1. The third-order valence-electron chi connectivity index (χ3n) is 7.96. The number of pyridine rings is 2. The van der Waals surface area contributed by atoms with Crippen molar-refractivity contribution in [3.63, 3.8) is 0 Å². The first kappa shape index (κ1) is 27.4. The zero-order valence-electron chi connectivity index (χ0n) is 23.9. The van der Waals surface area contributed by atoms with Crippen LogP contribution in [0.1, 0.15) is 65.1 Å². The van der Waals surface area contributed by atoms with E-state index in [0.29, 0.717) is 30.2 Å². The Bertz CT molecular complexity index is 1600. The summed E-state index contributed by atoms with van der Waals surface area (Å²) < 4.78 is 7.72. The van der Waals surface area contributed by atoms with Gasteiger partial charge in [-0.1, -0.05) is 13.0 Å². The number of aromatic nitrogens is 3. The van der Waals surface area contributed by atoms with Gasteiger partial charge in [0.25, 0.3) is 5.91 Å². The molecular weight excluding hydrogens is 500 g/mol. The highest BCUT2D eigenvalue weighted by atomic mass is 16.5. The van der Waals surface area contributed by atoms with Crippen LogP contribution in [0.3, 0.4) is 0 Å². The molecule has 0 radical (unpaired) electrons. The molecule has 1 atom stereocenters. The summed E-state index contributed by atoms with van der Waals surface area (Å²) in [5.41, 5.74) is 8.39. The summed E-state index contributed by atoms with van der Waals surface area (Å²) in [4.78, 5) is 27.3. The number of aryl methyl sites for hydroxylation is 1. The normalized spacial score (nSPS) is 13.9. The monoisotopic (exact) mass is 536 g/mol. The van der Waals surface area contributed by atoms with E-state index >= 15 is 0 Å². The Balaban J connectivity index is 1.56. The van der Waals surface area contributed by atoms with Gasteiger partial charge < -0.3 is 18.9 Å². The number of benzene rings is 1. The van der Waals surface area contributed by atoms with Crippen molar-refractivity contribution < 1.29 is 9.53 Å². The number of nitrogens with zero attached hydrogens (tertiary/aromatic N) is 6. The molecule has 0 N–H and O–H groups in total. The number of carbonyl (C=O) groups excluding carboxylic acids is 1. The molecule has 0 aliphatic carbocycles. The molecule has 4 heterocycles. The third kappa shape index (κ3) is 5.17. The third-order valence-corrected chi connectivity index (χ3v) is 7.96. The van der Waals surface area contributed by atoms with Crippen LogP contribution in [0.2, 0.25) is 0 Å². The van der Waals surface area contributed by atoms with E-state index in [1.54, 1.807) is 6.07 Å². The van der Waals surface area contributed by atoms with E-state index in [9.17, 15) is 10.1 Å². The van der Waals surface area contributed by atoms with Crippen LogP contribution >= 0.6 is 0 Å². The average Bonchev–Trinajstić information content (AvgIpc) is 3.42. The van der Waals surface area contributed by atoms with Crippen molar-refractivity contribution in [1.29, 1.82) is 5.26 Å². The van der Waals surface area contributed by atoms with Crippen LogP contribution in [0.25, 0.3) is 16.8 Å². The molecule has 40 heavy (non-hydrogen) atoms. The summed E-state index contributed by atoms with van der Waals surface area (Å²) in [6.07, 6.45) is 9.03. The lowest BCUT2D eigenvalue weighted by molar-refractivity contribution is 0.0669. The van der Waals surface area contributed by atoms with Crippen LogP contribution in [0.5, 0.6) is 5.75 Å².